The molecule has 0 unspecified atom stereocenters. The summed E-state index contributed by atoms with van der Waals surface area (Å²) in [6.45, 7) is 3.54. The van der Waals surface area contributed by atoms with E-state index >= 15 is 0 Å². The van der Waals surface area contributed by atoms with Gasteiger partial charge in [-0.15, -0.1) is 0 Å². The molecule has 174 valence electrons. The van der Waals surface area contributed by atoms with Gasteiger partial charge in [0.15, 0.2) is 11.5 Å². The van der Waals surface area contributed by atoms with Gasteiger partial charge in [-0.25, -0.2) is 4.79 Å². The molecule has 2 rings (SSSR count). The zero-order chi connectivity index (χ0) is 23.8. The summed E-state index contributed by atoms with van der Waals surface area (Å²) in [5, 5.41) is 9.10. The van der Waals surface area contributed by atoms with Crippen molar-refractivity contribution in [3.63, 3.8) is 0 Å². The summed E-state index contributed by atoms with van der Waals surface area (Å²) in [5.74, 6) is 0.438. The topological polar surface area (TPSA) is 77.4 Å². The Morgan fingerprint density at radius 1 is 1.00 bits per heavy atom. The lowest BCUT2D eigenvalue weighted by atomic mass is 10.1. The number of aliphatic imine (C=N–C) groups is 1. The fraction of sp³-hybridized carbons (Fsp3) is 0.391. The van der Waals surface area contributed by atoms with Crippen LogP contribution in [0.2, 0.25) is 0 Å². The minimum atomic E-state index is -4.36. The largest absolute Gasteiger partial charge is 0.494 e. The molecule has 2 aromatic carbocycles. The molecule has 0 fully saturated rings. The minimum Gasteiger partial charge on any atom is -0.494 e. The molecule has 6 nitrogen and oxygen atoms in total. The molecule has 0 aliphatic carbocycles. The van der Waals surface area contributed by atoms with Gasteiger partial charge in [0.25, 0.3) is 0 Å². The SMILES string of the molecule is COC(CCCOc1ccc(OC(C)(C)C(=O)O)cc1)=NCc1ccc(C(F)(F)F)cc1. The number of halogens is 3. The third-order valence-electron chi connectivity index (χ3n) is 4.47. The molecule has 0 aromatic heterocycles. The number of nitrogens with zero attached hydrogens (tertiary/aromatic N) is 1. The van der Waals surface area contributed by atoms with Crippen molar-refractivity contribution in [2.24, 2.45) is 4.99 Å². The van der Waals surface area contributed by atoms with Gasteiger partial charge in [-0.2, -0.15) is 13.2 Å². The lowest BCUT2D eigenvalue weighted by molar-refractivity contribution is -0.152. The van der Waals surface area contributed by atoms with Gasteiger partial charge in [0.1, 0.15) is 11.5 Å². The standard InChI is InChI=1S/C23H26F3NO5/c1-22(2,21(28)29)32-19-12-10-18(11-13-19)31-14-4-5-20(30-3)27-15-16-6-8-17(9-7-16)23(24,25)26/h6-13H,4-5,14-15H2,1-3H3,(H,28,29). The number of methoxy groups -OCH3 is 1. The molecule has 0 atom stereocenters. The van der Waals surface area contributed by atoms with Crippen molar-refractivity contribution < 1.29 is 37.3 Å². The van der Waals surface area contributed by atoms with Gasteiger partial charge < -0.3 is 19.3 Å². The van der Waals surface area contributed by atoms with Crippen molar-refractivity contribution in [1.82, 2.24) is 0 Å². The number of carbonyl (C=O) groups is 1. The van der Waals surface area contributed by atoms with Crippen LogP contribution in [0.3, 0.4) is 0 Å². The van der Waals surface area contributed by atoms with Crippen molar-refractivity contribution in [2.75, 3.05) is 13.7 Å². The van der Waals surface area contributed by atoms with Crippen LogP contribution in [-0.4, -0.2) is 36.3 Å². The second-order valence-corrected chi connectivity index (χ2v) is 7.45. The van der Waals surface area contributed by atoms with Crippen LogP contribution in [0.5, 0.6) is 11.5 Å². The normalized spacial score (nSPS) is 12.4. The maximum atomic E-state index is 12.6. The van der Waals surface area contributed by atoms with Gasteiger partial charge in [-0.3, -0.25) is 4.99 Å². The second-order valence-electron chi connectivity index (χ2n) is 7.45. The van der Waals surface area contributed by atoms with E-state index in [9.17, 15) is 18.0 Å². The Labute approximate surface area is 184 Å². The molecule has 0 amide bonds. The van der Waals surface area contributed by atoms with E-state index in [1.807, 2.05) is 0 Å². The van der Waals surface area contributed by atoms with Gasteiger partial charge in [-0.05, 0) is 62.2 Å². The first kappa shape index (κ1) is 25.0. The van der Waals surface area contributed by atoms with Crippen LogP contribution in [0.1, 0.15) is 37.8 Å². The van der Waals surface area contributed by atoms with Gasteiger partial charge in [-0.1, -0.05) is 12.1 Å². The number of carboxylic acid groups (broad SMARTS) is 1. The summed E-state index contributed by atoms with van der Waals surface area (Å²) in [6, 6.07) is 11.5. The van der Waals surface area contributed by atoms with E-state index in [2.05, 4.69) is 4.99 Å². The first-order chi connectivity index (χ1) is 15.0. The lowest BCUT2D eigenvalue weighted by Gasteiger charge is -2.21. The summed E-state index contributed by atoms with van der Waals surface area (Å²) in [7, 11) is 1.49. The number of carboxylic acids is 1. The van der Waals surface area contributed by atoms with E-state index in [1.165, 1.54) is 33.1 Å². The first-order valence-corrected chi connectivity index (χ1v) is 9.90. The number of hydrogen-bond acceptors (Lipinski definition) is 5. The predicted molar refractivity (Wildman–Crippen MR) is 113 cm³/mol. The predicted octanol–water partition coefficient (Wildman–Crippen LogP) is 5.35. The summed E-state index contributed by atoms with van der Waals surface area (Å²) in [6.07, 6.45) is -3.24. The second kappa shape index (κ2) is 10.9. The quantitative estimate of drug-likeness (QED) is 0.298. The van der Waals surface area contributed by atoms with E-state index < -0.39 is 23.3 Å². The molecule has 9 heteroatoms. The number of ether oxygens (including phenoxy) is 3. The van der Waals surface area contributed by atoms with E-state index in [1.54, 1.807) is 24.3 Å². The smallest absolute Gasteiger partial charge is 0.416 e. The average Bonchev–Trinajstić information content (AvgIpc) is 2.73. The van der Waals surface area contributed by atoms with E-state index in [-0.39, 0.29) is 6.54 Å². The van der Waals surface area contributed by atoms with Crippen LogP contribution < -0.4 is 9.47 Å². The molecule has 0 heterocycles. The summed E-state index contributed by atoms with van der Waals surface area (Å²) >= 11 is 0. The Hall–Kier alpha value is -3.23. The molecule has 2 aromatic rings. The number of aliphatic carboxylic acids is 1. The molecule has 0 spiro atoms. The Morgan fingerprint density at radius 3 is 2.12 bits per heavy atom. The van der Waals surface area contributed by atoms with Crippen molar-refractivity contribution >= 4 is 11.9 Å². The third-order valence-corrected chi connectivity index (χ3v) is 4.47. The maximum absolute atomic E-state index is 12.6. The summed E-state index contributed by atoms with van der Waals surface area (Å²) < 4.78 is 54.2. The van der Waals surface area contributed by atoms with E-state index in [4.69, 9.17) is 19.3 Å². The van der Waals surface area contributed by atoms with Crippen molar-refractivity contribution in [2.45, 2.75) is 45.0 Å². The highest BCUT2D eigenvalue weighted by Gasteiger charge is 2.30. The zero-order valence-corrected chi connectivity index (χ0v) is 18.1. The summed E-state index contributed by atoms with van der Waals surface area (Å²) in [5.41, 5.74) is -1.38. The Morgan fingerprint density at radius 2 is 1.59 bits per heavy atom. The van der Waals surface area contributed by atoms with Gasteiger partial charge in [0.2, 0.25) is 0 Å². The number of rotatable bonds is 10. The first-order valence-electron chi connectivity index (χ1n) is 9.90. The number of hydrogen-bond donors (Lipinski definition) is 1. The van der Waals surface area contributed by atoms with Crippen molar-refractivity contribution in [3.8, 4) is 11.5 Å². The Balaban J connectivity index is 1.78. The molecule has 32 heavy (non-hydrogen) atoms. The number of alkyl halides is 3. The lowest BCUT2D eigenvalue weighted by Crippen LogP contribution is -2.37. The Kier molecular flexibility index (Phi) is 8.51. The molecular formula is C23H26F3NO5. The van der Waals surface area contributed by atoms with Crippen LogP contribution in [0, 0.1) is 0 Å². The average molecular weight is 453 g/mol. The van der Waals surface area contributed by atoms with E-state index in [0.717, 1.165) is 12.1 Å². The molecule has 0 aliphatic rings. The fourth-order valence-corrected chi connectivity index (χ4v) is 2.58. The molecule has 0 saturated carbocycles. The minimum absolute atomic E-state index is 0.219. The monoisotopic (exact) mass is 453 g/mol. The van der Waals surface area contributed by atoms with Gasteiger partial charge >= 0.3 is 12.1 Å². The highest BCUT2D eigenvalue weighted by Crippen LogP contribution is 2.29. The van der Waals surface area contributed by atoms with Crippen LogP contribution >= 0.6 is 0 Å². The van der Waals surface area contributed by atoms with Crippen LogP contribution in [-0.2, 0) is 22.3 Å². The number of benzene rings is 2. The van der Waals surface area contributed by atoms with Gasteiger partial charge in [0, 0.05) is 6.42 Å². The maximum Gasteiger partial charge on any atom is 0.416 e. The summed E-state index contributed by atoms with van der Waals surface area (Å²) in [4.78, 5) is 15.4. The molecule has 0 saturated heterocycles. The molecule has 0 radical (unpaired) electrons. The van der Waals surface area contributed by atoms with Crippen molar-refractivity contribution in [3.05, 3.63) is 59.7 Å². The fourth-order valence-electron chi connectivity index (χ4n) is 2.58. The van der Waals surface area contributed by atoms with Crippen LogP contribution in [0.25, 0.3) is 0 Å². The van der Waals surface area contributed by atoms with Crippen LogP contribution in [0.4, 0.5) is 13.2 Å². The third kappa shape index (κ3) is 7.79. The van der Waals surface area contributed by atoms with Crippen LogP contribution in [0.15, 0.2) is 53.5 Å². The molecule has 0 bridgehead atoms. The molecule has 1 N–H and O–H groups in total. The molecule has 0 aliphatic heterocycles. The molecular weight excluding hydrogens is 427 g/mol. The Bertz CT molecular complexity index is 907. The highest BCUT2D eigenvalue weighted by molar-refractivity contribution is 5.77. The van der Waals surface area contributed by atoms with E-state index in [0.29, 0.717) is 42.4 Å². The zero-order valence-electron chi connectivity index (χ0n) is 18.1. The van der Waals surface area contributed by atoms with Crippen molar-refractivity contribution in [1.29, 1.82) is 0 Å². The van der Waals surface area contributed by atoms with Gasteiger partial charge in [0.05, 0.1) is 25.8 Å². The highest BCUT2D eigenvalue weighted by atomic mass is 19.4.